The van der Waals surface area contributed by atoms with Crippen LogP contribution in [0.2, 0.25) is 0 Å². The van der Waals surface area contributed by atoms with Gasteiger partial charge in [-0.05, 0) is 110 Å². The molecule has 2 aromatic rings. The molecule has 1 saturated heterocycles. The van der Waals surface area contributed by atoms with Crippen molar-refractivity contribution in [2.75, 3.05) is 20.3 Å². The third-order valence-electron chi connectivity index (χ3n) is 10.8. The SMILES string of the molecule is CN(CCF)[C@H]1CCC2=CC3=CC[C@]4(C)C(c5ccc6ccncc6c5)CC[C@H]4[C@@]34CCC2(C1)O4. The highest BCUT2D eigenvalue weighted by Gasteiger charge is 2.66. The number of pyridine rings is 1. The number of allylic oxidation sites excluding steroid dienone is 1. The molecule has 184 valence electrons. The lowest BCUT2D eigenvalue weighted by molar-refractivity contribution is -0.140. The molecule has 7 rings (SSSR count). The fraction of sp³-hybridized carbons (Fsp3) is 0.581. The summed E-state index contributed by atoms with van der Waals surface area (Å²) in [6, 6.07) is 9.55. The first-order valence-electron chi connectivity index (χ1n) is 13.7. The molecule has 0 radical (unpaired) electrons. The zero-order chi connectivity index (χ0) is 23.8. The van der Waals surface area contributed by atoms with Gasteiger partial charge in [-0.2, -0.15) is 0 Å². The van der Waals surface area contributed by atoms with Gasteiger partial charge in [-0.25, -0.2) is 4.39 Å². The van der Waals surface area contributed by atoms with Crippen LogP contribution < -0.4 is 0 Å². The molecule has 5 aliphatic rings. The number of alkyl halides is 1. The molecule has 2 bridgehead atoms. The second-order valence-corrected chi connectivity index (χ2v) is 12.3. The molecule has 2 unspecified atom stereocenters. The van der Waals surface area contributed by atoms with Gasteiger partial charge in [0.1, 0.15) is 6.67 Å². The van der Waals surface area contributed by atoms with E-state index in [1.54, 1.807) is 0 Å². The normalized spacial score (nSPS) is 39.7. The molecule has 1 aromatic carbocycles. The van der Waals surface area contributed by atoms with E-state index in [1.807, 2.05) is 12.4 Å². The highest BCUT2D eigenvalue weighted by atomic mass is 19.1. The number of halogens is 1. The number of fused-ring (bicyclic) bond motifs is 2. The molecule has 0 amide bonds. The molecule has 6 atom stereocenters. The maximum atomic E-state index is 13.1. The maximum absolute atomic E-state index is 13.1. The molecule has 0 N–H and O–H groups in total. The number of benzene rings is 1. The molecular formula is C31H37FN2O. The lowest BCUT2D eigenvalue weighted by Gasteiger charge is -2.55. The molecule has 2 saturated carbocycles. The van der Waals surface area contributed by atoms with Crippen LogP contribution in [0.15, 0.2) is 60.0 Å². The Hall–Kier alpha value is -2.04. The van der Waals surface area contributed by atoms with Gasteiger partial charge in [0.15, 0.2) is 0 Å². The number of rotatable bonds is 4. The van der Waals surface area contributed by atoms with Gasteiger partial charge in [-0.3, -0.25) is 4.98 Å². The Balaban J connectivity index is 1.24. The molecule has 3 nitrogen and oxygen atoms in total. The second kappa shape index (κ2) is 7.73. The molecule has 3 fully saturated rings. The Morgan fingerprint density at radius 2 is 2.06 bits per heavy atom. The highest BCUT2D eigenvalue weighted by molar-refractivity contribution is 5.82. The van der Waals surface area contributed by atoms with E-state index in [4.69, 9.17) is 4.74 Å². The van der Waals surface area contributed by atoms with Crippen LogP contribution in [0.4, 0.5) is 4.39 Å². The lowest BCUT2D eigenvalue weighted by Crippen LogP contribution is -2.55. The molecular weight excluding hydrogens is 435 g/mol. The van der Waals surface area contributed by atoms with Crippen molar-refractivity contribution in [3.63, 3.8) is 0 Å². The topological polar surface area (TPSA) is 25.4 Å². The number of aromatic nitrogens is 1. The first kappa shape index (κ1) is 22.2. The van der Waals surface area contributed by atoms with Crippen molar-refractivity contribution in [3.8, 4) is 0 Å². The van der Waals surface area contributed by atoms with Gasteiger partial charge in [-0.1, -0.05) is 31.2 Å². The van der Waals surface area contributed by atoms with Gasteiger partial charge < -0.3 is 9.64 Å². The van der Waals surface area contributed by atoms with Crippen LogP contribution in [0.1, 0.15) is 69.8 Å². The summed E-state index contributed by atoms with van der Waals surface area (Å²) in [5.74, 6) is 1.09. The number of hydrogen-bond donors (Lipinski definition) is 0. The summed E-state index contributed by atoms with van der Waals surface area (Å²) in [6.07, 6.45) is 18.0. The minimum Gasteiger partial charge on any atom is -0.359 e. The quantitative estimate of drug-likeness (QED) is 0.492. The third kappa shape index (κ3) is 3.05. The van der Waals surface area contributed by atoms with E-state index in [2.05, 4.69) is 60.3 Å². The van der Waals surface area contributed by atoms with Crippen LogP contribution in [-0.4, -0.2) is 47.4 Å². The van der Waals surface area contributed by atoms with Crippen molar-refractivity contribution < 1.29 is 9.13 Å². The van der Waals surface area contributed by atoms with Crippen LogP contribution >= 0.6 is 0 Å². The predicted molar refractivity (Wildman–Crippen MR) is 138 cm³/mol. The third-order valence-corrected chi connectivity index (χ3v) is 10.8. The standard InChI is InChI=1S/C31H37FN2O/c1-29-11-9-25-18-24-5-6-26(34(2)16-14-32)19-30(24)12-13-31(25,35-30)28(29)8-7-27(29)22-4-3-21-10-15-33-20-23(21)17-22/h3-4,9-10,15,17-18,20,26-28H,5-8,11-14,16,19H2,1-2H3/t26-,27?,28+,29+,30?,31+/m0/s1. The highest BCUT2D eigenvalue weighted by Crippen LogP contribution is 2.69. The summed E-state index contributed by atoms with van der Waals surface area (Å²) in [5, 5.41) is 2.51. The summed E-state index contributed by atoms with van der Waals surface area (Å²) in [7, 11) is 2.09. The van der Waals surface area contributed by atoms with Crippen molar-refractivity contribution in [1.82, 2.24) is 9.88 Å². The van der Waals surface area contributed by atoms with Gasteiger partial charge in [0, 0.05) is 30.4 Å². The fourth-order valence-corrected chi connectivity index (χ4v) is 8.94. The van der Waals surface area contributed by atoms with Gasteiger partial charge in [0.2, 0.25) is 0 Å². The summed E-state index contributed by atoms with van der Waals surface area (Å²) < 4.78 is 20.5. The Morgan fingerprint density at radius 1 is 1.14 bits per heavy atom. The zero-order valence-corrected chi connectivity index (χ0v) is 21.1. The molecule has 3 heterocycles. The van der Waals surface area contributed by atoms with Crippen LogP contribution in [-0.2, 0) is 4.74 Å². The monoisotopic (exact) mass is 472 g/mol. The van der Waals surface area contributed by atoms with E-state index in [0.29, 0.717) is 24.4 Å². The van der Waals surface area contributed by atoms with Crippen molar-refractivity contribution >= 4 is 10.8 Å². The van der Waals surface area contributed by atoms with Gasteiger partial charge >= 0.3 is 0 Å². The number of ether oxygens (including phenoxy) is 1. The van der Waals surface area contributed by atoms with Gasteiger partial charge in [-0.15, -0.1) is 0 Å². The second-order valence-electron chi connectivity index (χ2n) is 12.3. The Kier molecular flexibility index (Phi) is 4.90. The number of nitrogens with zero attached hydrogens (tertiary/aromatic N) is 2. The molecule has 2 aliphatic heterocycles. The minimum atomic E-state index is -0.271. The Bertz CT molecular complexity index is 1240. The Morgan fingerprint density at radius 3 is 2.94 bits per heavy atom. The van der Waals surface area contributed by atoms with Crippen molar-refractivity contribution in [1.29, 1.82) is 0 Å². The van der Waals surface area contributed by atoms with Crippen LogP contribution in [0.3, 0.4) is 0 Å². The van der Waals surface area contributed by atoms with E-state index >= 15 is 0 Å². The van der Waals surface area contributed by atoms with Crippen molar-refractivity contribution in [2.24, 2.45) is 11.3 Å². The summed E-state index contributed by atoms with van der Waals surface area (Å²) in [5.41, 5.74) is 4.40. The fourth-order valence-electron chi connectivity index (χ4n) is 8.94. The summed E-state index contributed by atoms with van der Waals surface area (Å²) in [6.45, 7) is 2.80. The first-order valence-corrected chi connectivity index (χ1v) is 13.7. The first-order chi connectivity index (χ1) is 17.0. The van der Waals surface area contributed by atoms with Crippen molar-refractivity contribution in [3.05, 3.63) is 65.5 Å². The van der Waals surface area contributed by atoms with Crippen LogP contribution in [0.5, 0.6) is 0 Å². The average Bonchev–Trinajstić information content (AvgIpc) is 3.38. The van der Waals surface area contributed by atoms with Crippen molar-refractivity contribution in [2.45, 2.75) is 81.5 Å². The lowest BCUT2D eigenvalue weighted by atomic mass is 9.58. The van der Waals surface area contributed by atoms with Crippen LogP contribution in [0.25, 0.3) is 10.8 Å². The molecule has 35 heavy (non-hydrogen) atoms. The zero-order valence-electron chi connectivity index (χ0n) is 21.1. The average molecular weight is 473 g/mol. The molecule has 3 aliphatic carbocycles. The van der Waals surface area contributed by atoms with Gasteiger partial charge in [0.05, 0.1) is 11.2 Å². The predicted octanol–water partition coefficient (Wildman–Crippen LogP) is 6.75. The van der Waals surface area contributed by atoms with E-state index in [9.17, 15) is 4.39 Å². The molecule has 4 heteroatoms. The van der Waals surface area contributed by atoms with Gasteiger partial charge in [0.25, 0.3) is 0 Å². The van der Waals surface area contributed by atoms with E-state index in [-0.39, 0.29) is 23.3 Å². The van der Waals surface area contributed by atoms with E-state index in [1.165, 1.54) is 40.3 Å². The largest absolute Gasteiger partial charge is 0.359 e. The summed E-state index contributed by atoms with van der Waals surface area (Å²) in [4.78, 5) is 6.60. The van der Waals surface area contributed by atoms with E-state index in [0.717, 1.165) is 38.5 Å². The maximum Gasteiger partial charge on any atom is 0.102 e. The Labute approximate surface area is 208 Å². The molecule has 2 spiro atoms. The summed E-state index contributed by atoms with van der Waals surface area (Å²) >= 11 is 0. The smallest absolute Gasteiger partial charge is 0.102 e. The molecule has 1 aromatic heterocycles. The minimum absolute atomic E-state index is 0.129. The van der Waals surface area contributed by atoms with Crippen LogP contribution in [0, 0.1) is 11.3 Å². The van der Waals surface area contributed by atoms with E-state index < -0.39 is 0 Å². The number of hydrogen-bond acceptors (Lipinski definition) is 3.